The van der Waals surface area contributed by atoms with E-state index in [0.29, 0.717) is 0 Å². The number of rotatable bonds is 12. The Kier molecular flexibility index (Phi) is 8.74. The summed E-state index contributed by atoms with van der Waals surface area (Å²) in [5.74, 6) is -40.7. The van der Waals surface area contributed by atoms with Crippen LogP contribution < -0.4 is 0 Å². The van der Waals surface area contributed by atoms with Crippen LogP contribution in [0.25, 0.3) is 0 Å². The lowest BCUT2D eigenvalue weighted by atomic mass is 9.94. The van der Waals surface area contributed by atoms with Crippen LogP contribution in [0.2, 0.25) is 0 Å². The molecule has 3 nitrogen and oxygen atoms in total. The van der Waals surface area contributed by atoms with E-state index in [1.165, 1.54) is 0 Å². The average molecular weight is 532 g/mol. The van der Waals surface area contributed by atoms with Gasteiger partial charge in [-0.15, -0.1) is 0 Å². The number of hydrogen-bond donors (Lipinski definition) is 0. The summed E-state index contributed by atoms with van der Waals surface area (Å²) in [7, 11) is -6.54. The van der Waals surface area contributed by atoms with Gasteiger partial charge in [0.1, 0.15) is 0 Å². The molecule has 0 rings (SSSR count). The molecule has 0 fully saturated rings. The largest absolute Gasteiger partial charge is 0.582 e. The maximum absolute atomic E-state index is 14.5. The van der Waals surface area contributed by atoms with Gasteiger partial charge in [-0.1, -0.05) is 0 Å². The lowest BCUT2D eigenvalue weighted by molar-refractivity contribution is -0.450. The fourth-order valence-electron chi connectivity index (χ4n) is 2.13. The maximum Gasteiger partial charge on any atom is 0.582 e. The zero-order chi connectivity index (χ0) is 26.2. The second-order valence-electron chi connectivity index (χ2n) is 5.80. The molecule has 0 aromatic heterocycles. The minimum absolute atomic E-state index is 0.790. The Balaban J connectivity index is 6.93. The third-order valence-electron chi connectivity index (χ3n) is 3.72. The Morgan fingerprint density at radius 2 is 0.688 bits per heavy atom. The van der Waals surface area contributed by atoms with Crippen LogP contribution in [0.5, 0.6) is 0 Å². The van der Waals surface area contributed by atoms with Gasteiger partial charge in [0.05, 0.1) is 0 Å². The average Bonchev–Trinajstić information content (AvgIpc) is 2.60. The summed E-state index contributed by atoms with van der Waals surface area (Å²) < 4.78 is 213. The van der Waals surface area contributed by atoms with Gasteiger partial charge in [0.25, 0.3) is 0 Å². The summed E-state index contributed by atoms with van der Waals surface area (Å²) in [6, 6.07) is 0. The highest BCUT2D eigenvalue weighted by Crippen LogP contribution is 2.63. The molecule has 0 aromatic rings. The summed E-state index contributed by atoms with van der Waals surface area (Å²) in [5.41, 5.74) is -6.72. The molecule has 0 aliphatic carbocycles. The van der Waals surface area contributed by atoms with E-state index in [4.69, 9.17) is 0 Å². The van der Waals surface area contributed by atoms with Gasteiger partial charge in [0.15, 0.2) is 0 Å². The van der Waals surface area contributed by atoms with Crippen molar-refractivity contribution in [1.29, 1.82) is 0 Å². The summed E-state index contributed by atoms with van der Waals surface area (Å²) in [4.78, 5) is 0. The van der Waals surface area contributed by atoms with E-state index in [0.717, 1.165) is 20.8 Å². The molecule has 0 unspecified atom stereocenters. The van der Waals surface area contributed by atoms with Gasteiger partial charge >= 0.3 is 50.1 Å². The zero-order valence-corrected chi connectivity index (χ0v) is 17.0. The van der Waals surface area contributed by atoms with E-state index in [-0.39, 0.29) is 0 Å². The molecule has 0 aliphatic rings. The van der Waals surface area contributed by atoms with Crippen LogP contribution in [0.15, 0.2) is 0 Å². The van der Waals surface area contributed by atoms with Gasteiger partial charge in [-0.3, -0.25) is 0 Å². The summed E-state index contributed by atoms with van der Waals surface area (Å²) in [6.07, 6.45) is -7.66. The molecule has 0 saturated heterocycles. The Morgan fingerprint density at radius 1 is 0.438 bits per heavy atom. The van der Waals surface area contributed by atoms with E-state index in [2.05, 4.69) is 13.3 Å². The van der Waals surface area contributed by atoms with Crippen LogP contribution >= 0.6 is 0 Å². The molecule has 0 aliphatic heterocycles. The normalized spacial score (nSPS) is 15.9. The van der Waals surface area contributed by atoms with Crippen molar-refractivity contribution in [2.75, 3.05) is 19.8 Å². The molecule has 32 heavy (non-hydrogen) atoms. The fourth-order valence-corrected chi connectivity index (χ4v) is 4.60. The second-order valence-corrected chi connectivity index (χ2v) is 8.41. The Bertz CT molecular complexity index is 594. The molecule has 0 saturated carbocycles. The van der Waals surface area contributed by atoms with Crippen molar-refractivity contribution in [3.63, 3.8) is 0 Å². The number of alkyl halides is 15. The fraction of sp³-hybridized carbons (Fsp3) is 1.00. The standard InChI is InChI=1S/C13H15F15O3Si/c1-4-29-32(30-5-2,31-6-3)13(27,28)11(22,23)9(18,19)7(14,15)8(16,17)10(20,21)12(24,25)26/h4-6H2,1-3H3. The first-order chi connectivity index (χ1) is 13.9. The van der Waals surface area contributed by atoms with Gasteiger partial charge in [0.2, 0.25) is 0 Å². The van der Waals surface area contributed by atoms with Crippen LogP contribution in [-0.4, -0.2) is 70.0 Å². The van der Waals surface area contributed by atoms with Crippen LogP contribution in [-0.2, 0) is 13.3 Å². The molecular formula is C13H15F15O3Si. The monoisotopic (exact) mass is 532 g/mol. The molecule has 0 radical (unpaired) electrons. The first kappa shape index (κ1) is 31.0. The van der Waals surface area contributed by atoms with Crippen molar-refractivity contribution < 1.29 is 79.1 Å². The van der Waals surface area contributed by atoms with Gasteiger partial charge in [-0.2, -0.15) is 65.9 Å². The van der Waals surface area contributed by atoms with E-state index in [1.807, 2.05) is 0 Å². The first-order valence-corrected chi connectivity index (χ1v) is 9.91. The highest BCUT2D eigenvalue weighted by atomic mass is 28.4. The molecule has 0 heterocycles. The number of hydrogen-bond acceptors (Lipinski definition) is 3. The topological polar surface area (TPSA) is 27.7 Å². The third-order valence-corrected chi connectivity index (χ3v) is 6.80. The van der Waals surface area contributed by atoms with Crippen LogP contribution in [0.4, 0.5) is 65.9 Å². The molecule has 0 spiro atoms. The molecule has 19 heteroatoms. The van der Waals surface area contributed by atoms with Crippen LogP contribution in [0.1, 0.15) is 20.8 Å². The smallest absolute Gasteiger partial charge is 0.370 e. The lowest BCUT2D eigenvalue weighted by Crippen LogP contribution is -2.78. The van der Waals surface area contributed by atoms with Crippen LogP contribution in [0.3, 0.4) is 0 Å². The van der Waals surface area contributed by atoms with E-state index in [1.54, 1.807) is 0 Å². The first-order valence-electron chi connectivity index (χ1n) is 8.18. The van der Waals surface area contributed by atoms with Crippen molar-refractivity contribution in [1.82, 2.24) is 0 Å². The second kappa shape index (κ2) is 9.01. The van der Waals surface area contributed by atoms with Crippen molar-refractivity contribution in [2.45, 2.75) is 62.1 Å². The van der Waals surface area contributed by atoms with Crippen LogP contribution in [0, 0.1) is 0 Å². The number of halogens is 15. The molecule has 194 valence electrons. The highest BCUT2D eigenvalue weighted by molar-refractivity contribution is 6.63. The van der Waals surface area contributed by atoms with Crippen molar-refractivity contribution in [3.05, 3.63) is 0 Å². The summed E-state index contributed by atoms with van der Waals surface area (Å²) in [5, 5.41) is 0. The molecule has 0 N–H and O–H groups in total. The Labute approximate surface area is 171 Å². The third kappa shape index (κ3) is 4.17. The maximum atomic E-state index is 14.5. The van der Waals surface area contributed by atoms with E-state index >= 15 is 0 Å². The Morgan fingerprint density at radius 3 is 0.938 bits per heavy atom. The zero-order valence-electron chi connectivity index (χ0n) is 16.0. The van der Waals surface area contributed by atoms with E-state index in [9.17, 15) is 65.9 Å². The minimum Gasteiger partial charge on any atom is -0.370 e. The molecule has 0 bridgehead atoms. The minimum atomic E-state index is -8.38. The molecular weight excluding hydrogens is 517 g/mol. The summed E-state index contributed by atoms with van der Waals surface area (Å²) >= 11 is 0. The van der Waals surface area contributed by atoms with Crippen molar-refractivity contribution in [3.8, 4) is 0 Å². The van der Waals surface area contributed by atoms with Crippen molar-refractivity contribution in [2.24, 2.45) is 0 Å². The quantitative estimate of drug-likeness (QED) is 0.230. The van der Waals surface area contributed by atoms with Gasteiger partial charge < -0.3 is 13.3 Å². The van der Waals surface area contributed by atoms with Gasteiger partial charge in [-0.25, -0.2) is 0 Å². The Hall–Kier alpha value is -0.953. The predicted octanol–water partition coefficient (Wildman–Crippen LogP) is 5.95. The van der Waals surface area contributed by atoms with Gasteiger partial charge in [-0.05, 0) is 20.8 Å². The summed E-state index contributed by atoms with van der Waals surface area (Å²) in [6.45, 7) is -0.830. The predicted molar refractivity (Wildman–Crippen MR) is 76.4 cm³/mol. The van der Waals surface area contributed by atoms with Gasteiger partial charge in [0, 0.05) is 19.8 Å². The molecule has 0 aromatic carbocycles. The highest BCUT2D eigenvalue weighted by Gasteiger charge is 2.96. The van der Waals surface area contributed by atoms with E-state index < -0.39 is 70.0 Å². The molecule has 0 amide bonds. The molecule has 0 atom stereocenters. The SMILES string of the molecule is CCO[Si](OCC)(OCC)C(F)(F)C(F)(F)C(F)(F)C(F)(F)C(F)(F)C(F)(F)C(F)(F)F. The lowest BCUT2D eigenvalue weighted by Gasteiger charge is -2.44. The van der Waals surface area contributed by atoms with Crippen molar-refractivity contribution >= 4 is 8.80 Å².